The molecule has 0 spiro atoms. The molecule has 1 aromatic carbocycles. The van der Waals surface area contributed by atoms with Gasteiger partial charge in [0.25, 0.3) is 0 Å². The van der Waals surface area contributed by atoms with Gasteiger partial charge in [-0.3, -0.25) is 0 Å². The Morgan fingerprint density at radius 3 is 1.88 bits per heavy atom. The molecule has 0 aliphatic heterocycles. The van der Waals surface area contributed by atoms with Crippen molar-refractivity contribution in [1.82, 2.24) is 0 Å². The van der Waals surface area contributed by atoms with Crippen molar-refractivity contribution in [1.29, 1.82) is 0 Å². The van der Waals surface area contributed by atoms with Gasteiger partial charge in [0.05, 0.1) is 0 Å². The Hall–Kier alpha value is -0.780. The van der Waals surface area contributed by atoms with Gasteiger partial charge in [-0.2, -0.15) is 0 Å². The Bertz CT molecular complexity index is 259. The molecule has 0 aliphatic rings. The zero-order valence-electron chi connectivity index (χ0n) is 12.5. The molecule has 0 radical (unpaired) electrons. The van der Waals surface area contributed by atoms with E-state index in [-0.39, 0.29) is 0 Å². The lowest BCUT2D eigenvalue weighted by Gasteiger charge is -2.12. The maximum atomic E-state index is 2.25. The molecule has 0 unspecified atom stereocenters. The smallest absolute Gasteiger partial charge is 0.0216 e. The molecular weight excluding hydrogens is 192 g/mol. The summed E-state index contributed by atoms with van der Waals surface area (Å²) in [4.78, 5) is 0. The van der Waals surface area contributed by atoms with Gasteiger partial charge in [-0.25, -0.2) is 0 Å². The van der Waals surface area contributed by atoms with Gasteiger partial charge in [-0.1, -0.05) is 66.7 Å². The largest absolute Gasteiger partial charge is 0.0683 e. The highest BCUT2D eigenvalue weighted by Gasteiger charge is 2.04. The molecule has 0 atom stereocenters. The van der Waals surface area contributed by atoms with E-state index in [0.717, 1.165) is 6.42 Å². The van der Waals surface area contributed by atoms with Crippen LogP contribution in [0.25, 0.3) is 0 Å². The molecule has 0 bridgehead atoms. The van der Waals surface area contributed by atoms with E-state index in [0.29, 0.717) is 5.92 Å². The van der Waals surface area contributed by atoms with Crippen molar-refractivity contribution >= 4 is 0 Å². The SMILES string of the molecule is CC.CC.CCc1cccc(C(C)C)c1C. The predicted molar refractivity (Wildman–Crippen MR) is 77.3 cm³/mol. The van der Waals surface area contributed by atoms with Crippen LogP contribution in [0.1, 0.15) is 71.1 Å². The number of benzene rings is 1. The fraction of sp³-hybridized carbons (Fsp3) is 0.625. The van der Waals surface area contributed by atoms with E-state index in [1.54, 1.807) is 0 Å². The standard InChI is InChI=1S/C12H18.2C2H6/c1-5-11-7-6-8-12(9(2)3)10(11)4;2*1-2/h6-9H,5H2,1-4H3;2*1-2H3. The number of hydrogen-bond acceptors (Lipinski definition) is 0. The Labute approximate surface area is 103 Å². The molecule has 1 aromatic rings. The molecule has 0 fully saturated rings. The number of hydrogen-bond donors (Lipinski definition) is 0. The molecule has 1 rings (SSSR count). The van der Waals surface area contributed by atoms with Crippen LogP contribution < -0.4 is 0 Å². The average Bonchev–Trinajstić information content (AvgIpc) is 2.34. The normalized spacial score (nSPS) is 8.81. The maximum Gasteiger partial charge on any atom is -0.0216 e. The van der Waals surface area contributed by atoms with Crippen LogP contribution >= 0.6 is 0 Å². The molecule has 0 saturated heterocycles. The second-order valence-electron chi connectivity index (χ2n) is 3.64. The van der Waals surface area contributed by atoms with Gasteiger partial charge in [0, 0.05) is 0 Å². The van der Waals surface area contributed by atoms with Crippen molar-refractivity contribution in [3.8, 4) is 0 Å². The number of rotatable bonds is 2. The summed E-state index contributed by atoms with van der Waals surface area (Å²) < 4.78 is 0. The van der Waals surface area contributed by atoms with Crippen LogP contribution in [0.3, 0.4) is 0 Å². The van der Waals surface area contributed by atoms with Crippen molar-refractivity contribution in [2.75, 3.05) is 0 Å². The van der Waals surface area contributed by atoms with Crippen molar-refractivity contribution in [2.45, 2.75) is 67.7 Å². The van der Waals surface area contributed by atoms with Crippen LogP contribution in [0.4, 0.5) is 0 Å². The van der Waals surface area contributed by atoms with E-state index < -0.39 is 0 Å². The molecule has 0 heteroatoms. The van der Waals surface area contributed by atoms with Gasteiger partial charge in [-0.15, -0.1) is 0 Å². The third kappa shape index (κ3) is 5.34. The second kappa shape index (κ2) is 10.7. The molecular formula is C16H30. The summed E-state index contributed by atoms with van der Waals surface area (Å²) in [6.45, 7) is 16.9. The molecule has 94 valence electrons. The van der Waals surface area contributed by atoms with Gasteiger partial charge >= 0.3 is 0 Å². The lowest BCUT2D eigenvalue weighted by Crippen LogP contribution is -1.95. The molecule has 0 amide bonds. The third-order valence-electron chi connectivity index (χ3n) is 2.49. The van der Waals surface area contributed by atoms with Crippen LogP contribution in [0.5, 0.6) is 0 Å². The van der Waals surface area contributed by atoms with Gasteiger partial charge < -0.3 is 0 Å². The summed E-state index contributed by atoms with van der Waals surface area (Å²) in [5.41, 5.74) is 4.46. The first-order chi connectivity index (χ1) is 7.66. The second-order valence-corrected chi connectivity index (χ2v) is 3.64. The summed E-state index contributed by atoms with van der Waals surface area (Å²) in [6.07, 6.45) is 1.15. The van der Waals surface area contributed by atoms with Crippen LogP contribution in [-0.2, 0) is 6.42 Å². The molecule has 0 aliphatic carbocycles. The Morgan fingerprint density at radius 1 is 1.00 bits per heavy atom. The lowest BCUT2D eigenvalue weighted by atomic mass is 9.93. The zero-order chi connectivity index (χ0) is 13.1. The van der Waals surface area contributed by atoms with E-state index in [9.17, 15) is 0 Å². The van der Waals surface area contributed by atoms with Crippen molar-refractivity contribution in [3.05, 3.63) is 34.9 Å². The highest BCUT2D eigenvalue weighted by Crippen LogP contribution is 2.21. The van der Waals surface area contributed by atoms with Gasteiger partial charge in [-0.05, 0) is 36.0 Å². The fourth-order valence-corrected chi connectivity index (χ4v) is 1.71. The van der Waals surface area contributed by atoms with Gasteiger partial charge in [0.2, 0.25) is 0 Å². The first-order valence-corrected chi connectivity index (χ1v) is 6.75. The minimum atomic E-state index is 0.650. The highest BCUT2D eigenvalue weighted by molar-refractivity contribution is 5.35. The lowest BCUT2D eigenvalue weighted by molar-refractivity contribution is 0.850. The Kier molecular flexibility index (Phi) is 11.8. The summed E-state index contributed by atoms with van der Waals surface area (Å²) >= 11 is 0. The molecule has 0 saturated carbocycles. The van der Waals surface area contributed by atoms with Crippen molar-refractivity contribution in [3.63, 3.8) is 0 Å². The highest BCUT2D eigenvalue weighted by atomic mass is 14.1. The fourth-order valence-electron chi connectivity index (χ4n) is 1.71. The van der Waals surface area contributed by atoms with Crippen LogP contribution in [0, 0.1) is 6.92 Å². The Balaban J connectivity index is 0. The van der Waals surface area contributed by atoms with Crippen LogP contribution in [0.15, 0.2) is 18.2 Å². The zero-order valence-corrected chi connectivity index (χ0v) is 12.5. The average molecular weight is 222 g/mol. The molecule has 0 nitrogen and oxygen atoms in total. The van der Waals surface area contributed by atoms with Gasteiger partial charge in [0.1, 0.15) is 0 Å². The molecule has 0 aromatic heterocycles. The van der Waals surface area contributed by atoms with E-state index in [1.165, 1.54) is 16.7 Å². The van der Waals surface area contributed by atoms with Crippen LogP contribution in [0.2, 0.25) is 0 Å². The molecule has 0 heterocycles. The topological polar surface area (TPSA) is 0 Å². The van der Waals surface area contributed by atoms with Gasteiger partial charge in [0.15, 0.2) is 0 Å². The summed E-state index contributed by atoms with van der Waals surface area (Å²) in [6, 6.07) is 6.63. The summed E-state index contributed by atoms with van der Waals surface area (Å²) in [5.74, 6) is 0.650. The monoisotopic (exact) mass is 222 g/mol. The minimum absolute atomic E-state index is 0.650. The first-order valence-electron chi connectivity index (χ1n) is 6.75. The molecule has 0 N–H and O–H groups in total. The summed E-state index contributed by atoms with van der Waals surface area (Å²) in [7, 11) is 0. The number of aryl methyl sites for hydroxylation is 1. The van der Waals surface area contributed by atoms with E-state index in [1.807, 2.05) is 27.7 Å². The van der Waals surface area contributed by atoms with E-state index >= 15 is 0 Å². The first kappa shape index (κ1) is 17.6. The maximum absolute atomic E-state index is 2.25. The summed E-state index contributed by atoms with van der Waals surface area (Å²) in [5, 5.41) is 0. The molecule has 16 heavy (non-hydrogen) atoms. The van der Waals surface area contributed by atoms with E-state index in [2.05, 4.69) is 45.9 Å². The predicted octanol–water partition coefficient (Wildman–Crippen LogP) is 5.73. The minimum Gasteiger partial charge on any atom is -0.0683 e. The van der Waals surface area contributed by atoms with Crippen molar-refractivity contribution in [2.24, 2.45) is 0 Å². The quantitative estimate of drug-likeness (QED) is 0.599. The Morgan fingerprint density at radius 2 is 1.50 bits per heavy atom. The third-order valence-corrected chi connectivity index (χ3v) is 2.49. The van der Waals surface area contributed by atoms with E-state index in [4.69, 9.17) is 0 Å². The van der Waals surface area contributed by atoms with Crippen LogP contribution in [-0.4, -0.2) is 0 Å². The van der Waals surface area contributed by atoms with Crippen molar-refractivity contribution < 1.29 is 0 Å².